The number of hydrogen-bond acceptors (Lipinski definition) is 3. The Kier molecular flexibility index (Phi) is 4.04. The summed E-state index contributed by atoms with van der Waals surface area (Å²) in [6.07, 6.45) is 0. The van der Waals surface area contributed by atoms with E-state index in [1.54, 1.807) is 0 Å². The second kappa shape index (κ2) is 4.00. The van der Waals surface area contributed by atoms with Crippen LogP contribution in [0, 0.1) is 0 Å². The van der Waals surface area contributed by atoms with Gasteiger partial charge >= 0.3 is 0 Å². The molecule has 0 aliphatic rings. The van der Waals surface area contributed by atoms with E-state index in [4.69, 9.17) is 0 Å². The monoisotopic (exact) mass is 144 g/mol. The van der Waals surface area contributed by atoms with E-state index < -0.39 is 0 Å². The van der Waals surface area contributed by atoms with Gasteiger partial charge in [-0.15, -0.1) is 0 Å². The van der Waals surface area contributed by atoms with Gasteiger partial charge in [0.25, 0.3) is 0 Å². The Balaban J connectivity index is 3.82. The molecule has 3 N–H and O–H groups in total. The van der Waals surface area contributed by atoms with Crippen LogP contribution in [0.15, 0.2) is 0 Å². The smallest absolute Gasteiger partial charge is 0.119 e. The average molecular weight is 144 g/mol. The van der Waals surface area contributed by atoms with Gasteiger partial charge in [-0.25, -0.2) is 0 Å². The molecule has 3 radical (unpaired) electrons. The molecule has 4 heteroatoms. The Labute approximate surface area is 60.0 Å². The highest BCUT2D eigenvalue weighted by Gasteiger charge is 2.19. The van der Waals surface area contributed by atoms with Gasteiger partial charge in [-0.3, -0.25) is 16.0 Å². The second-order valence-corrected chi connectivity index (χ2v) is 2.19. The highest BCUT2D eigenvalue weighted by Crippen LogP contribution is 1.94. The van der Waals surface area contributed by atoms with Crippen molar-refractivity contribution < 1.29 is 0 Å². The zero-order chi connectivity index (χ0) is 7.33. The van der Waals surface area contributed by atoms with Crippen LogP contribution in [0.4, 0.5) is 0 Å². The van der Waals surface area contributed by atoms with E-state index in [2.05, 4.69) is 26.2 Å². The predicted octanol–water partition coefficient (Wildman–Crippen LogP) is -1.11. The third kappa shape index (κ3) is 2.06. The van der Waals surface area contributed by atoms with E-state index in [1.165, 1.54) is 0 Å². The van der Waals surface area contributed by atoms with Gasteiger partial charge in [0.15, 0.2) is 0 Å². The lowest BCUT2D eigenvalue weighted by atomic mass is 10.4. The van der Waals surface area contributed by atoms with Crippen LogP contribution in [0.2, 0.25) is 6.04 Å². The van der Waals surface area contributed by atoms with Crippen LogP contribution < -0.4 is 16.0 Å². The highest BCUT2D eigenvalue weighted by atomic mass is 28.1. The summed E-state index contributed by atoms with van der Waals surface area (Å²) < 4.78 is 0. The summed E-state index contributed by atoms with van der Waals surface area (Å²) in [6.45, 7) is 0. The number of nitrogens with one attached hydrogen (secondary N) is 3. The summed E-state index contributed by atoms with van der Waals surface area (Å²) in [6, 6.07) is 0.816. The predicted molar refractivity (Wildman–Crippen MR) is 40.5 cm³/mol. The van der Waals surface area contributed by atoms with Crippen LogP contribution in [0.25, 0.3) is 0 Å². The first-order chi connectivity index (χ1) is 4.24. The molecule has 0 unspecified atom stereocenters. The minimum atomic E-state index is -0.170. The zero-order valence-electron chi connectivity index (χ0n) is 6.21. The molecule has 0 aromatic rings. The Hall–Kier alpha value is 0.0969. The molecule has 0 aromatic heterocycles. The van der Waals surface area contributed by atoms with Crippen molar-refractivity contribution in [1.82, 2.24) is 16.0 Å². The third-order valence-electron chi connectivity index (χ3n) is 1.55. The zero-order valence-corrected chi connectivity index (χ0v) is 7.21. The Bertz CT molecular complexity index is 55.1. The molecule has 0 saturated carbocycles. The molecule has 3 nitrogen and oxygen atoms in total. The molecule has 0 aliphatic heterocycles. The van der Waals surface area contributed by atoms with E-state index in [0.717, 1.165) is 6.04 Å². The normalized spacial score (nSPS) is 12.0. The van der Waals surface area contributed by atoms with Crippen molar-refractivity contribution in [1.29, 1.82) is 0 Å². The van der Waals surface area contributed by atoms with E-state index in [9.17, 15) is 0 Å². The van der Waals surface area contributed by atoms with Crippen molar-refractivity contribution in [3.05, 3.63) is 0 Å². The summed E-state index contributed by atoms with van der Waals surface area (Å²) in [5.41, 5.74) is 0. The highest BCUT2D eigenvalue weighted by molar-refractivity contribution is 6.09. The Morgan fingerprint density at radius 2 is 1.44 bits per heavy atom. The van der Waals surface area contributed by atoms with E-state index >= 15 is 0 Å². The lowest BCUT2D eigenvalue weighted by molar-refractivity contribution is 0.277. The largest absolute Gasteiger partial charge is 0.290 e. The standard InChI is InChI=1S/C5H14N3Si/c1-6-5(4-9,7-2)8-3/h6-8H,4H2,1-3H3. The first-order valence-corrected chi connectivity index (χ1v) is 3.66. The summed E-state index contributed by atoms with van der Waals surface area (Å²) in [7, 11) is 9.10. The molecule has 0 atom stereocenters. The van der Waals surface area contributed by atoms with Gasteiger partial charge in [-0.05, 0) is 27.2 Å². The summed E-state index contributed by atoms with van der Waals surface area (Å²) in [4.78, 5) is 0. The molecule has 0 aliphatic carbocycles. The van der Waals surface area contributed by atoms with Crippen LogP contribution >= 0.6 is 0 Å². The van der Waals surface area contributed by atoms with Gasteiger partial charge in [0.1, 0.15) is 5.79 Å². The molecule has 0 spiro atoms. The molecular formula is C5H14N3Si. The second-order valence-electron chi connectivity index (χ2n) is 1.83. The molecule has 0 rings (SSSR count). The third-order valence-corrected chi connectivity index (χ3v) is 2.08. The number of hydrogen-bond donors (Lipinski definition) is 3. The Morgan fingerprint density at radius 1 is 1.11 bits per heavy atom. The van der Waals surface area contributed by atoms with Crippen molar-refractivity contribution in [2.75, 3.05) is 21.1 Å². The topological polar surface area (TPSA) is 36.1 Å². The quantitative estimate of drug-likeness (QED) is 0.346. The number of rotatable bonds is 4. The van der Waals surface area contributed by atoms with E-state index in [1.807, 2.05) is 21.1 Å². The van der Waals surface area contributed by atoms with E-state index in [-0.39, 0.29) is 5.79 Å². The maximum absolute atomic E-state index is 3.41. The van der Waals surface area contributed by atoms with Crippen LogP contribution in [-0.2, 0) is 0 Å². The van der Waals surface area contributed by atoms with Gasteiger partial charge in [0, 0.05) is 10.2 Å². The maximum atomic E-state index is 3.41. The van der Waals surface area contributed by atoms with Crippen molar-refractivity contribution >= 4 is 10.2 Å². The minimum Gasteiger partial charge on any atom is -0.290 e. The Morgan fingerprint density at radius 3 is 1.44 bits per heavy atom. The summed E-state index contributed by atoms with van der Waals surface area (Å²) >= 11 is 0. The van der Waals surface area contributed by atoms with Gasteiger partial charge < -0.3 is 0 Å². The summed E-state index contributed by atoms with van der Waals surface area (Å²) in [5.74, 6) is -0.170. The molecule has 0 amide bonds. The average Bonchev–Trinajstić information content (AvgIpc) is 1.95. The molecule has 53 valence electrons. The molecule has 0 fully saturated rings. The molecule has 0 aromatic carbocycles. The van der Waals surface area contributed by atoms with Crippen molar-refractivity contribution in [2.45, 2.75) is 11.8 Å². The van der Waals surface area contributed by atoms with Crippen LogP contribution in [-0.4, -0.2) is 37.2 Å². The van der Waals surface area contributed by atoms with Gasteiger partial charge in [-0.2, -0.15) is 0 Å². The lowest BCUT2D eigenvalue weighted by Gasteiger charge is -2.31. The fraction of sp³-hybridized carbons (Fsp3) is 1.00. The minimum absolute atomic E-state index is 0.170. The van der Waals surface area contributed by atoms with Crippen molar-refractivity contribution in [3.63, 3.8) is 0 Å². The molecule has 0 heterocycles. The van der Waals surface area contributed by atoms with Crippen molar-refractivity contribution in [3.8, 4) is 0 Å². The lowest BCUT2D eigenvalue weighted by Crippen LogP contribution is -2.62. The summed E-state index contributed by atoms with van der Waals surface area (Å²) in [5, 5.41) is 9.28. The first-order valence-electron chi connectivity index (χ1n) is 2.96. The fourth-order valence-corrected chi connectivity index (χ4v) is 1.17. The van der Waals surface area contributed by atoms with Gasteiger partial charge in [0.2, 0.25) is 0 Å². The van der Waals surface area contributed by atoms with Gasteiger partial charge in [-0.1, -0.05) is 0 Å². The molecule has 0 saturated heterocycles. The van der Waals surface area contributed by atoms with Gasteiger partial charge in [0.05, 0.1) is 0 Å². The molecule has 0 bridgehead atoms. The van der Waals surface area contributed by atoms with Crippen LogP contribution in [0.5, 0.6) is 0 Å². The van der Waals surface area contributed by atoms with E-state index in [0.29, 0.717) is 0 Å². The molecular weight excluding hydrogens is 130 g/mol. The molecule has 9 heavy (non-hydrogen) atoms. The first kappa shape index (κ1) is 9.10. The van der Waals surface area contributed by atoms with Crippen LogP contribution in [0.3, 0.4) is 0 Å². The van der Waals surface area contributed by atoms with Crippen LogP contribution in [0.1, 0.15) is 0 Å². The fourth-order valence-electron chi connectivity index (χ4n) is 0.640. The maximum Gasteiger partial charge on any atom is 0.119 e. The van der Waals surface area contributed by atoms with Crippen molar-refractivity contribution in [2.24, 2.45) is 0 Å². The SMILES string of the molecule is CNC(C[Si])(NC)NC.